The number of ether oxygens (including phenoxy) is 6. The second-order valence-electron chi connectivity index (χ2n) is 8.63. The second kappa shape index (κ2) is 18.4. The van der Waals surface area contributed by atoms with Gasteiger partial charge in [0.2, 0.25) is 11.8 Å². The summed E-state index contributed by atoms with van der Waals surface area (Å²) in [6.45, 7) is 2.82. The van der Waals surface area contributed by atoms with Crippen molar-refractivity contribution in [2.75, 3.05) is 65.9 Å². The van der Waals surface area contributed by atoms with Gasteiger partial charge in [-0.2, -0.15) is 0 Å². The molecule has 10 heteroatoms. The smallest absolute Gasteiger partial charge is 0.246 e. The van der Waals surface area contributed by atoms with Crippen molar-refractivity contribution in [2.24, 2.45) is 0 Å². The molecule has 2 aromatic carbocycles. The van der Waals surface area contributed by atoms with E-state index in [2.05, 4.69) is 10.6 Å². The molecule has 208 valence electrons. The molecule has 3 rings (SSSR count). The molecule has 10 nitrogen and oxygen atoms in total. The van der Waals surface area contributed by atoms with Gasteiger partial charge in [0.15, 0.2) is 0 Å². The van der Waals surface area contributed by atoms with Gasteiger partial charge in [-0.25, -0.2) is 0 Å². The van der Waals surface area contributed by atoms with Gasteiger partial charge in [0.1, 0.15) is 25.4 Å². The molecule has 2 N–H and O–H groups in total. The summed E-state index contributed by atoms with van der Waals surface area (Å²) in [5, 5.41) is 5.54. The van der Waals surface area contributed by atoms with Crippen molar-refractivity contribution in [1.29, 1.82) is 0 Å². The van der Waals surface area contributed by atoms with Crippen LogP contribution in [0.4, 0.5) is 0 Å². The Bertz CT molecular complexity index is 840. The lowest BCUT2D eigenvalue weighted by Crippen LogP contribution is -2.43. The van der Waals surface area contributed by atoms with Crippen LogP contribution < -0.4 is 10.6 Å². The molecule has 2 amide bonds. The van der Waals surface area contributed by atoms with E-state index < -0.39 is 12.2 Å². The van der Waals surface area contributed by atoms with Crippen LogP contribution >= 0.6 is 0 Å². The summed E-state index contributed by atoms with van der Waals surface area (Å²) in [7, 11) is 0. The lowest BCUT2D eigenvalue weighted by atomic mass is 10.2. The molecule has 1 aliphatic rings. The molecular formula is C28H38N2O8. The topological polar surface area (TPSA) is 114 Å². The fourth-order valence-electron chi connectivity index (χ4n) is 3.57. The maximum atomic E-state index is 12.4. The minimum Gasteiger partial charge on any atom is -0.377 e. The van der Waals surface area contributed by atoms with Crippen molar-refractivity contribution in [1.82, 2.24) is 10.6 Å². The lowest BCUT2D eigenvalue weighted by molar-refractivity contribution is -0.153. The SMILES string of the molecule is O=C1CO[C@H](COCc2ccccc2)[C@@H](COCc2ccccc2)OCC(=O)NCCOCCOCCN1. The minimum atomic E-state index is -0.661. The first-order chi connectivity index (χ1) is 18.7. The average Bonchev–Trinajstić information content (AvgIpc) is 2.94. The third-order valence-electron chi connectivity index (χ3n) is 5.57. The van der Waals surface area contributed by atoms with E-state index >= 15 is 0 Å². The normalized spacial score (nSPS) is 21.1. The number of rotatable bonds is 8. The van der Waals surface area contributed by atoms with Gasteiger partial charge < -0.3 is 39.1 Å². The molecule has 0 unspecified atom stereocenters. The zero-order chi connectivity index (χ0) is 26.7. The maximum Gasteiger partial charge on any atom is 0.246 e. The molecule has 1 aliphatic heterocycles. The predicted octanol–water partition coefficient (Wildman–Crippen LogP) is 1.47. The summed E-state index contributed by atoms with van der Waals surface area (Å²) in [4.78, 5) is 24.8. The largest absolute Gasteiger partial charge is 0.377 e. The summed E-state index contributed by atoms with van der Waals surface area (Å²) in [5.41, 5.74) is 2.01. The van der Waals surface area contributed by atoms with Crippen LogP contribution in [-0.4, -0.2) is 90.0 Å². The maximum absolute atomic E-state index is 12.4. The molecule has 0 radical (unpaired) electrons. The Labute approximate surface area is 223 Å². The van der Waals surface area contributed by atoms with Crippen LogP contribution in [0.25, 0.3) is 0 Å². The van der Waals surface area contributed by atoms with Gasteiger partial charge in [0, 0.05) is 13.1 Å². The number of hydrogen-bond acceptors (Lipinski definition) is 8. The highest BCUT2D eigenvalue weighted by molar-refractivity contribution is 5.77. The van der Waals surface area contributed by atoms with E-state index in [9.17, 15) is 9.59 Å². The van der Waals surface area contributed by atoms with Crippen molar-refractivity contribution in [3.8, 4) is 0 Å². The Morgan fingerprint density at radius 3 is 1.47 bits per heavy atom. The second-order valence-corrected chi connectivity index (χ2v) is 8.63. The average molecular weight is 531 g/mol. The van der Waals surface area contributed by atoms with E-state index in [1.807, 2.05) is 60.7 Å². The molecule has 0 aromatic heterocycles. The van der Waals surface area contributed by atoms with Crippen LogP contribution in [-0.2, 0) is 51.2 Å². The highest BCUT2D eigenvalue weighted by atomic mass is 16.6. The first-order valence-corrected chi connectivity index (χ1v) is 12.9. The predicted molar refractivity (Wildman–Crippen MR) is 139 cm³/mol. The zero-order valence-corrected chi connectivity index (χ0v) is 21.7. The first-order valence-electron chi connectivity index (χ1n) is 12.9. The third-order valence-corrected chi connectivity index (χ3v) is 5.57. The van der Waals surface area contributed by atoms with Crippen LogP contribution in [0.2, 0.25) is 0 Å². The molecular weight excluding hydrogens is 492 g/mol. The Morgan fingerprint density at radius 2 is 1.05 bits per heavy atom. The number of carbonyl (C=O) groups is 2. The van der Waals surface area contributed by atoms with Crippen molar-refractivity contribution < 1.29 is 38.0 Å². The Balaban J connectivity index is 1.64. The van der Waals surface area contributed by atoms with E-state index in [0.717, 1.165) is 11.1 Å². The molecule has 2 aromatic rings. The van der Waals surface area contributed by atoms with Crippen molar-refractivity contribution in [3.63, 3.8) is 0 Å². The van der Waals surface area contributed by atoms with Crippen LogP contribution in [0, 0.1) is 0 Å². The van der Waals surface area contributed by atoms with Gasteiger partial charge in [0.25, 0.3) is 0 Å². The summed E-state index contributed by atoms with van der Waals surface area (Å²) < 4.78 is 34.6. The van der Waals surface area contributed by atoms with E-state index in [4.69, 9.17) is 28.4 Å². The number of amides is 2. The molecule has 1 heterocycles. The summed E-state index contributed by atoms with van der Waals surface area (Å²) >= 11 is 0. The Kier molecular flexibility index (Phi) is 14.4. The van der Waals surface area contributed by atoms with E-state index in [-0.39, 0.29) is 38.2 Å². The van der Waals surface area contributed by atoms with Crippen molar-refractivity contribution >= 4 is 11.8 Å². The standard InChI is InChI=1S/C28H38N2O8/c31-27-21-37-25(19-35-17-23-7-3-1-4-8-23)26(20-36-18-24-9-5-2-6-10-24)38-22-28(32)30-12-14-34-16-15-33-13-11-29-27/h1-10,25-26H,11-22H2,(H,29,31)(H,30,32)/t25-,26-/m1/s1. The summed E-state index contributed by atoms with van der Waals surface area (Å²) in [5.74, 6) is -0.582. The summed E-state index contributed by atoms with van der Waals surface area (Å²) in [6.07, 6.45) is -1.32. The van der Waals surface area contributed by atoms with Crippen LogP contribution in [0.3, 0.4) is 0 Å². The van der Waals surface area contributed by atoms with E-state index in [0.29, 0.717) is 52.7 Å². The van der Waals surface area contributed by atoms with Gasteiger partial charge >= 0.3 is 0 Å². The first kappa shape index (κ1) is 29.7. The minimum absolute atomic E-state index is 0.139. The van der Waals surface area contributed by atoms with Crippen LogP contribution in [0.5, 0.6) is 0 Å². The molecule has 38 heavy (non-hydrogen) atoms. The monoisotopic (exact) mass is 530 g/mol. The Hall–Kier alpha value is -2.86. The molecule has 0 bridgehead atoms. The molecule has 0 aliphatic carbocycles. The van der Waals surface area contributed by atoms with Gasteiger partial charge in [-0.15, -0.1) is 0 Å². The van der Waals surface area contributed by atoms with Crippen molar-refractivity contribution in [2.45, 2.75) is 25.4 Å². The number of benzene rings is 2. The summed E-state index contributed by atoms with van der Waals surface area (Å²) in [6, 6.07) is 19.5. The highest BCUT2D eigenvalue weighted by Gasteiger charge is 2.26. The Morgan fingerprint density at radius 1 is 0.632 bits per heavy atom. The molecule has 1 fully saturated rings. The van der Waals surface area contributed by atoms with E-state index in [1.165, 1.54) is 0 Å². The molecule has 0 spiro atoms. The number of hydrogen-bond donors (Lipinski definition) is 2. The highest BCUT2D eigenvalue weighted by Crippen LogP contribution is 2.11. The third kappa shape index (κ3) is 12.6. The molecule has 0 saturated carbocycles. The molecule has 2 atom stereocenters. The fraction of sp³-hybridized carbons (Fsp3) is 0.500. The number of nitrogens with one attached hydrogen (secondary N) is 2. The zero-order valence-electron chi connectivity index (χ0n) is 21.7. The quantitative estimate of drug-likeness (QED) is 0.528. The lowest BCUT2D eigenvalue weighted by Gasteiger charge is -2.27. The fourth-order valence-corrected chi connectivity index (χ4v) is 3.57. The van der Waals surface area contributed by atoms with Gasteiger partial charge in [-0.3, -0.25) is 9.59 Å². The molecule has 1 saturated heterocycles. The number of carbonyl (C=O) groups excluding carboxylic acids is 2. The van der Waals surface area contributed by atoms with Crippen LogP contribution in [0.15, 0.2) is 60.7 Å². The van der Waals surface area contributed by atoms with Gasteiger partial charge in [-0.05, 0) is 11.1 Å². The van der Waals surface area contributed by atoms with Gasteiger partial charge in [0.05, 0.1) is 52.9 Å². The van der Waals surface area contributed by atoms with Gasteiger partial charge in [-0.1, -0.05) is 60.7 Å². The van der Waals surface area contributed by atoms with Crippen molar-refractivity contribution in [3.05, 3.63) is 71.8 Å². The van der Waals surface area contributed by atoms with Crippen LogP contribution in [0.1, 0.15) is 11.1 Å². The van der Waals surface area contributed by atoms with E-state index in [1.54, 1.807) is 0 Å².